The first-order chi connectivity index (χ1) is 9.52. The van der Waals surface area contributed by atoms with Gasteiger partial charge in [0, 0.05) is 19.6 Å². The Hall–Kier alpha value is -2.24. The molecule has 2 heterocycles. The molecule has 20 heavy (non-hydrogen) atoms. The highest BCUT2D eigenvalue weighted by atomic mass is 16.2. The Kier molecular flexibility index (Phi) is 3.57. The van der Waals surface area contributed by atoms with Crippen LogP contribution in [-0.2, 0) is 0 Å². The minimum absolute atomic E-state index is 0.133. The van der Waals surface area contributed by atoms with Crippen LogP contribution in [-0.4, -0.2) is 58.2 Å². The number of carbonyl (C=O) groups is 2. The minimum atomic E-state index is -0.750. The number of nitrogens with zero attached hydrogens (tertiary/aromatic N) is 3. The van der Waals surface area contributed by atoms with E-state index in [0.29, 0.717) is 19.6 Å². The first-order valence-electron chi connectivity index (χ1n) is 6.51. The van der Waals surface area contributed by atoms with Crippen LogP contribution in [0.1, 0.15) is 6.92 Å². The van der Waals surface area contributed by atoms with Crippen LogP contribution in [0.3, 0.4) is 0 Å². The van der Waals surface area contributed by atoms with Crippen LogP contribution in [0.5, 0.6) is 0 Å². The van der Waals surface area contributed by atoms with Crippen LogP contribution in [0, 0.1) is 0 Å². The summed E-state index contributed by atoms with van der Waals surface area (Å²) in [6.07, 6.45) is 4.56. The number of carbonyl (C=O) groups excluding carboxylic acids is 2. The molecule has 4 amide bonds. The number of nitrogens with one attached hydrogen (secondary N) is 1. The molecule has 2 aliphatic heterocycles. The summed E-state index contributed by atoms with van der Waals surface area (Å²) >= 11 is 0. The summed E-state index contributed by atoms with van der Waals surface area (Å²) in [6, 6.07) is -0.334. The van der Waals surface area contributed by atoms with Gasteiger partial charge in [-0.05, 0) is 6.92 Å². The van der Waals surface area contributed by atoms with E-state index in [-0.39, 0.29) is 12.1 Å². The average molecular weight is 276 g/mol. The van der Waals surface area contributed by atoms with Gasteiger partial charge in [-0.1, -0.05) is 18.2 Å². The SMILES string of the molecule is C=CCN1C(=O)N(CC=C)C2(C)C1NC(=O)N2CC=C. The van der Waals surface area contributed by atoms with Gasteiger partial charge in [0.15, 0.2) is 5.66 Å². The van der Waals surface area contributed by atoms with E-state index in [0.717, 1.165) is 0 Å². The Balaban J connectivity index is 2.45. The van der Waals surface area contributed by atoms with Gasteiger partial charge >= 0.3 is 12.1 Å². The number of urea groups is 2. The molecule has 6 heteroatoms. The number of rotatable bonds is 6. The lowest BCUT2D eigenvalue weighted by Gasteiger charge is -2.38. The first kappa shape index (κ1) is 14.2. The van der Waals surface area contributed by atoms with E-state index in [9.17, 15) is 9.59 Å². The summed E-state index contributed by atoms with van der Waals surface area (Å²) in [4.78, 5) is 29.5. The van der Waals surface area contributed by atoms with Crippen molar-refractivity contribution in [3.05, 3.63) is 38.0 Å². The number of hydrogen-bond acceptors (Lipinski definition) is 2. The molecule has 108 valence electrons. The lowest BCUT2D eigenvalue weighted by Crippen LogP contribution is -2.57. The molecule has 1 N–H and O–H groups in total. The molecule has 0 aromatic rings. The van der Waals surface area contributed by atoms with Gasteiger partial charge in [0.25, 0.3) is 0 Å². The lowest BCUT2D eigenvalue weighted by atomic mass is 10.1. The molecule has 2 unspecified atom stereocenters. The summed E-state index contributed by atoms with van der Waals surface area (Å²) in [5.74, 6) is 0. The fourth-order valence-corrected chi connectivity index (χ4v) is 2.92. The topological polar surface area (TPSA) is 55.9 Å². The Morgan fingerprint density at radius 1 is 1.10 bits per heavy atom. The monoisotopic (exact) mass is 276 g/mol. The van der Waals surface area contributed by atoms with Gasteiger partial charge in [-0.15, -0.1) is 19.7 Å². The van der Waals surface area contributed by atoms with E-state index >= 15 is 0 Å². The van der Waals surface area contributed by atoms with E-state index in [1.165, 1.54) is 0 Å². The molecular weight excluding hydrogens is 256 g/mol. The Labute approximate surface area is 119 Å². The van der Waals surface area contributed by atoms with Crippen molar-refractivity contribution in [2.24, 2.45) is 0 Å². The largest absolute Gasteiger partial charge is 0.324 e. The van der Waals surface area contributed by atoms with E-state index in [1.807, 2.05) is 6.92 Å². The predicted molar refractivity (Wildman–Crippen MR) is 76.8 cm³/mol. The molecule has 2 saturated heterocycles. The fourth-order valence-electron chi connectivity index (χ4n) is 2.92. The highest BCUT2D eigenvalue weighted by Crippen LogP contribution is 2.38. The molecule has 0 bridgehead atoms. The third-order valence-electron chi connectivity index (χ3n) is 3.85. The van der Waals surface area contributed by atoms with Gasteiger partial charge in [-0.2, -0.15) is 0 Å². The second-order valence-corrected chi connectivity index (χ2v) is 4.97. The third kappa shape index (κ3) is 1.71. The van der Waals surface area contributed by atoms with Gasteiger partial charge in [0.2, 0.25) is 0 Å². The summed E-state index contributed by atoms with van der Waals surface area (Å²) in [7, 11) is 0. The summed E-state index contributed by atoms with van der Waals surface area (Å²) in [5.41, 5.74) is -0.750. The molecule has 0 radical (unpaired) electrons. The summed E-state index contributed by atoms with van der Waals surface area (Å²) in [6.45, 7) is 14.0. The smallest absolute Gasteiger partial charge is 0.313 e. The van der Waals surface area contributed by atoms with Crippen molar-refractivity contribution >= 4 is 12.1 Å². The van der Waals surface area contributed by atoms with E-state index in [1.54, 1.807) is 32.9 Å². The molecular formula is C14H20N4O2. The fraction of sp³-hybridized carbons (Fsp3) is 0.429. The van der Waals surface area contributed by atoms with Crippen molar-refractivity contribution in [3.8, 4) is 0 Å². The van der Waals surface area contributed by atoms with Crippen molar-refractivity contribution < 1.29 is 9.59 Å². The van der Waals surface area contributed by atoms with Crippen LogP contribution in [0.15, 0.2) is 38.0 Å². The first-order valence-corrected chi connectivity index (χ1v) is 6.51. The van der Waals surface area contributed by atoms with Crippen molar-refractivity contribution in [2.45, 2.75) is 18.8 Å². The normalized spacial score (nSPS) is 28.4. The van der Waals surface area contributed by atoms with Gasteiger partial charge in [0.05, 0.1) is 0 Å². The Morgan fingerprint density at radius 2 is 1.65 bits per heavy atom. The highest BCUT2D eigenvalue weighted by molar-refractivity contribution is 5.86. The van der Waals surface area contributed by atoms with Crippen molar-refractivity contribution in [2.75, 3.05) is 19.6 Å². The maximum Gasteiger partial charge on any atom is 0.324 e. The van der Waals surface area contributed by atoms with Gasteiger partial charge in [-0.3, -0.25) is 14.7 Å². The number of hydrogen-bond donors (Lipinski definition) is 1. The van der Waals surface area contributed by atoms with Crippen molar-refractivity contribution in [1.29, 1.82) is 0 Å². The van der Waals surface area contributed by atoms with E-state index in [4.69, 9.17) is 0 Å². The number of fused-ring (bicyclic) bond motifs is 1. The molecule has 2 fully saturated rings. The molecule has 0 spiro atoms. The van der Waals surface area contributed by atoms with Gasteiger partial charge in [-0.25, -0.2) is 9.59 Å². The molecule has 0 aromatic heterocycles. The van der Waals surface area contributed by atoms with E-state index in [2.05, 4.69) is 25.1 Å². The second kappa shape index (κ2) is 5.03. The molecule has 0 aliphatic carbocycles. The molecule has 2 rings (SSSR count). The molecule has 0 saturated carbocycles. The van der Waals surface area contributed by atoms with Gasteiger partial charge < -0.3 is 5.32 Å². The lowest BCUT2D eigenvalue weighted by molar-refractivity contribution is 0.0553. The molecule has 0 aromatic carbocycles. The zero-order chi connectivity index (χ0) is 14.9. The predicted octanol–water partition coefficient (Wildman–Crippen LogP) is 1.35. The summed E-state index contributed by atoms with van der Waals surface area (Å²) in [5, 5.41) is 2.87. The summed E-state index contributed by atoms with van der Waals surface area (Å²) < 4.78 is 0. The maximum absolute atomic E-state index is 12.5. The van der Waals surface area contributed by atoms with E-state index < -0.39 is 11.8 Å². The van der Waals surface area contributed by atoms with Crippen LogP contribution < -0.4 is 5.32 Å². The molecule has 2 aliphatic rings. The van der Waals surface area contributed by atoms with Crippen LogP contribution in [0.25, 0.3) is 0 Å². The molecule has 6 nitrogen and oxygen atoms in total. The Bertz CT molecular complexity index is 476. The van der Waals surface area contributed by atoms with Crippen molar-refractivity contribution in [3.63, 3.8) is 0 Å². The third-order valence-corrected chi connectivity index (χ3v) is 3.85. The standard InChI is InChI=1S/C14H20N4O2/c1-5-8-16-11-14(4,18(10-7-3)13(16)20)17(9-6-2)12(19)15-11/h5-7,11H,1-3,8-10H2,4H3,(H,15,19). The maximum atomic E-state index is 12.5. The van der Waals surface area contributed by atoms with Gasteiger partial charge in [0.1, 0.15) is 6.17 Å². The molecule has 2 atom stereocenters. The quantitative estimate of drug-likeness (QED) is 0.745. The minimum Gasteiger partial charge on any atom is -0.313 e. The van der Waals surface area contributed by atoms with Crippen LogP contribution in [0.4, 0.5) is 9.59 Å². The van der Waals surface area contributed by atoms with Crippen LogP contribution in [0.2, 0.25) is 0 Å². The Morgan fingerprint density at radius 3 is 2.20 bits per heavy atom. The van der Waals surface area contributed by atoms with Crippen molar-refractivity contribution in [1.82, 2.24) is 20.0 Å². The highest BCUT2D eigenvalue weighted by Gasteiger charge is 2.62. The number of amides is 4. The average Bonchev–Trinajstić information content (AvgIpc) is 2.76. The second-order valence-electron chi connectivity index (χ2n) is 4.97. The zero-order valence-corrected chi connectivity index (χ0v) is 11.7. The van der Waals surface area contributed by atoms with Crippen LogP contribution >= 0.6 is 0 Å². The zero-order valence-electron chi connectivity index (χ0n) is 11.7.